The molecule has 174 valence electrons. The molecule has 1 aliphatic heterocycles. The zero-order valence-electron chi connectivity index (χ0n) is 18.6. The van der Waals surface area contributed by atoms with Crippen molar-refractivity contribution >= 4 is 23.1 Å². The minimum atomic E-state index is -0.321. The number of nitrogens with one attached hydrogen (secondary N) is 1. The van der Waals surface area contributed by atoms with Gasteiger partial charge in [0, 0.05) is 19.2 Å². The molecule has 2 N–H and O–H groups in total. The first-order valence-corrected chi connectivity index (χ1v) is 11.6. The summed E-state index contributed by atoms with van der Waals surface area (Å²) in [6, 6.07) is 17.3. The van der Waals surface area contributed by atoms with Crippen LogP contribution in [0.3, 0.4) is 0 Å². The van der Waals surface area contributed by atoms with Crippen LogP contribution in [0.25, 0.3) is 0 Å². The monoisotopic (exact) mass is 469 g/mol. The van der Waals surface area contributed by atoms with Crippen LogP contribution in [0.2, 0.25) is 0 Å². The van der Waals surface area contributed by atoms with Crippen LogP contribution in [0, 0.1) is 0 Å². The van der Waals surface area contributed by atoms with E-state index in [1.807, 2.05) is 68.6 Å². The van der Waals surface area contributed by atoms with Crippen LogP contribution >= 0.6 is 11.3 Å². The van der Waals surface area contributed by atoms with Crippen molar-refractivity contribution in [3.63, 3.8) is 0 Å². The number of ether oxygens (including phenoxy) is 2. The van der Waals surface area contributed by atoms with Gasteiger partial charge in [0.2, 0.25) is 5.88 Å². The van der Waals surface area contributed by atoms with Crippen LogP contribution in [-0.4, -0.2) is 60.0 Å². The second kappa shape index (κ2) is 9.99. The van der Waals surface area contributed by atoms with Crippen LogP contribution in [0.5, 0.6) is 11.6 Å². The average Bonchev–Trinajstić information content (AvgIpc) is 3.33. The van der Waals surface area contributed by atoms with Gasteiger partial charge in [0.25, 0.3) is 0 Å². The summed E-state index contributed by atoms with van der Waals surface area (Å²) in [5.74, 6) is 0.606. The Hall–Kier alpha value is -3.46. The largest absolute Gasteiger partial charge is 0.494 e. The Labute approximate surface area is 196 Å². The normalized spacial score (nSPS) is 16.5. The smallest absolute Gasteiger partial charge is 0.410 e. The molecular weight excluding hydrogens is 442 g/mol. The van der Waals surface area contributed by atoms with Gasteiger partial charge >= 0.3 is 11.0 Å². The van der Waals surface area contributed by atoms with E-state index in [1.54, 1.807) is 4.90 Å². The molecule has 2 aromatic carbocycles. The number of amides is 1. The number of carbonyl (C=O) groups is 1. The molecule has 4 rings (SSSR count). The number of likely N-dealkylation sites (N-methyl/N-ethyl adjacent to an activating group) is 1. The van der Waals surface area contributed by atoms with Gasteiger partial charge in [-0.1, -0.05) is 41.7 Å². The third kappa shape index (κ3) is 5.67. The standard InChI is InChI=1S/C24H27N3O5S/c1-16(27-14-20(32-24(27)30)13-26(2)18-6-4-3-5-7-18)15-31-19-10-8-17(9-11-19)12-21-22(28)25-23(29)33-21/h3-11,16,20,28H,12-15H2,1-2H3,(H,25,29). The summed E-state index contributed by atoms with van der Waals surface area (Å²) in [7, 11) is 1.99. The Balaban J connectivity index is 1.27. The van der Waals surface area contributed by atoms with E-state index in [0.29, 0.717) is 36.7 Å². The summed E-state index contributed by atoms with van der Waals surface area (Å²) < 4.78 is 11.5. The van der Waals surface area contributed by atoms with E-state index in [-0.39, 0.29) is 29.0 Å². The Kier molecular flexibility index (Phi) is 6.88. The number of hydrogen-bond donors (Lipinski definition) is 2. The zero-order valence-corrected chi connectivity index (χ0v) is 19.4. The first-order valence-electron chi connectivity index (χ1n) is 10.7. The van der Waals surface area contributed by atoms with Crippen LogP contribution in [0.15, 0.2) is 59.4 Å². The van der Waals surface area contributed by atoms with Crippen LogP contribution in [0.1, 0.15) is 17.4 Å². The van der Waals surface area contributed by atoms with Gasteiger partial charge in [-0.25, -0.2) is 4.79 Å². The topological polar surface area (TPSA) is 95.1 Å². The molecule has 0 bridgehead atoms. The molecule has 2 unspecified atom stereocenters. The number of benzene rings is 2. The molecule has 0 spiro atoms. The SMILES string of the molecule is CC(COc1ccc(Cc2sc(=O)[nH]c2O)cc1)N1CC(CN(C)c2ccccc2)OC1=O. The molecule has 33 heavy (non-hydrogen) atoms. The first kappa shape index (κ1) is 22.7. The molecule has 2 heterocycles. The number of para-hydroxylation sites is 1. The van der Waals surface area contributed by atoms with Crippen molar-refractivity contribution in [1.29, 1.82) is 0 Å². The van der Waals surface area contributed by atoms with Crippen molar-refractivity contribution in [2.45, 2.75) is 25.5 Å². The van der Waals surface area contributed by atoms with Gasteiger partial charge in [-0.05, 0) is 36.8 Å². The van der Waals surface area contributed by atoms with Gasteiger partial charge in [0.1, 0.15) is 18.5 Å². The summed E-state index contributed by atoms with van der Waals surface area (Å²) >= 11 is 1.000. The van der Waals surface area contributed by atoms with E-state index in [2.05, 4.69) is 9.88 Å². The highest BCUT2D eigenvalue weighted by molar-refractivity contribution is 7.09. The molecule has 0 aliphatic carbocycles. The number of H-pyrrole nitrogens is 1. The molecule has 9 heteroatoms. The number of thiazole rings is 1. The van der Waals surface area contributed by atoms with E-state index >= 15 is 0 Å². The molecule has 2 atom stereocenters. The highest BCUT2D eigenvalue weighted by Gasteiger charge is 2.35. The van der Waals surface area contributed by atoms with Crippen LogP contribution < -0.4 is 14.5 Å². The van der Waals surface area contributed by atoms with Gasteiger partial charge in [-0.15, -0.1) is 0 Å². The fourth-order valence-corrected chi connectivity index (χ4v) is 4.52. The predicted molar refractivity (Wildman–Crippen MR) is 127 cm³/mol. The lowest BCUT2D eigenvalue weighted by Crippen LogP contribution is -2.39. The molecule has 8 nitrogen and oxygen atoms in total. The lowest BCUT2D eigenvalue weighted by molar-refractivity contribution is 0.124. The molecule has 1 aromatic heterocycles. The number of carbonyl (C=O) groups excluding carboxylic acids is 1. The maximum Gasteiger partial charge on any atom is 0.410 e. The minimum Gasteiger partial charge on any atom is -0.494 e. The summed E-state index contributed by atoms with van der Waals surface area (Å²) in [6.45, 7) is 3.42. The maximum atomic E-state index is 12.4. The number of hydrogen-bond acceptors (Lipinski definition) is 7. The molecule has 1 saturated heterocycles. The highest BCUT2D eigenvalue weighted by atomic mass is 32.1. The minimum absolute atomic E-state index is 0.0788. The van der Waals surface area contributed by atoms with Crippen molar-refractivity contribution in [2.24, 2.45) is 0 Å². The number of anilines is 1. The Morgan fingerprint density at radius 2 is 1.94 bits per heavy atom. The maximum absolute atomic E-state index is 12.4. The molecule has 0 radical (unpaired) electrons. The second-order valence-corrected chi connectivity index (χ2v) is 9.21. The molecule has 1 amide bonds. The van der Waals surface area contributed by atoms with Crippen molar-refractivity contribution in [1.82, 2.24) is 9.88 Å². The summed E-state index contributed by atoms with van der Waals surface area (Å²) in [6.07, 6.45) is -0.0622. The fraction of sp³-hybridized carbons (Fsp3) is 0.333. The number of rotatable bonds is 9. The molecule has 1 fully saturated rings. The van der Waals surface area contributed by atoms with Gasteiger partial charge in [0.15, 0.2) is 0 Å². The predicted octanol–water partition coefficient (Wildman–Crippen LogP) is 3.46. The molecule has 0 saturated carbocycles. The lowest BCUT2D eigenvalue weighted by Gasteiger charge is -2.23. The summed E-state index contributed by atoms with van der Waals surface area (Å²) in [5.41, 5.74) is 2.03. The average molecular weight is 470 g/mol. The van der Waals surface area contributed by atoms with Gasteiger partial charge in [0.05, 0.1) is 24.0 Å². The van der Waals surface area contributed by atoms with Gasteiger partial charge in [-0.3, -0.25) is 14.7 Å². The van der Waals surface area contributed by atoms with Crippen LogP contribution in [-0.2, 0) is 11.2 Å². The van der Waals surface area contributed by atoms with Gasteiger partial charge < -0.3 is 19.5 Å². The fourth-order valence-electron chi connectivity index (χ4n) is 3.76. The summed E-state index contributed by atoms with van der Waals surface area (Å²) in [4.78, 5) is 30.2. The van der Waals surface area contributed by atoms with E-state index in [0.717, 1.165) is 22.6 Å². The third-order valence-corrected chi connectivity index (χ3v) is 6.46. The molecular formula is C24H27N3O5S. The Bertz CT molecular complexity index is 1130. The number of aromatic amines is 1. The third-order valence-electron chi connectivity index (χ3n) is 5.59. The van der Waals surface area contributed by atoms with E-state index < -0.39 is 0 Å². The van der Waals surface area contributed by atoms with E-state index in [9.17, 15) is 14.7 Å². The Morgan fingerprint density at radius 3 is 2.61 bits per heavy atom. The van der Waals surface area contributed by atoms with Crippen molar-refractivity contribution in [3.05, 3.63) is 74.7 Å². The quantitative estimate of drug-likeness (QED) is 0.498. The zero-order chi connectivity index (χ0) is 23.4. The summed E-state index contributed by atoms with van der Waals surface area (Å²) in [5, 5.41) is 9.73. The lowest BCUT2D eigenvalue weighted by atomic mass is 10.1. The van der Waals surface area contributed by atoms with E-state index in [1.165, 1.54) is 0 Å². The highest BCUT2D eigenvalue weighted by Crippen LogP contribution is 2.23. The number of aromatic nitrogens is 1. The van der Waals surface area contributed by atoms with Crippen molar-refractivity contribution < 1.29 is 19.4 Å². The number of aromatic hydroxyl groups is 1. The number of nitrogens with zero attached hydrogens (tertiary/aromatic N) is 2. The van der Waals surface area contributed by atoms with Crippen molar-refractivity contribution in [3.8, 4) is 11.6 Å². The van der Waals surface area contributed by atoms with Crippen molar-refractivity contribution in [2.75, 3.05) is 31.6 Å². The van der Waals surface area contributed by atoms with E-state index in [4.69, 9.17) is 9.47 Å². The second-order valence-electron chi connectivity index (χ2n) is 8.14. The molecule has 3 aromatic rings. The molecule has 1 aliphatic rings. The Morgan fingerprint density at radius 1 is 1.21 bits per heavy atom. The number of cyclic esters (lactones) is 1. The first-order chi connectivity index (χ1) is 15.9. The van der Waals surface area contributed by atoms with Crippen LogP contribution in [0.4, 0.5) is 10.5 Å². The van der Waals surface area contributed by atoms with Gasteiger partial charge in [-0.2, -0.15) is 0 Å².